The molecule has 146 valence electrons. The van der Waals surface area contributed by atoms with Crippen molar-refractivity contribution in [3.05, 3.63) is 58.6 Å². The van der Waals surface area contributed by atoms with E-state index in [1.807, 2.05) is 6.07 Å². The number of nitriles is 1. The van der Waals surface area contributed by atoms with Gasteiger partial charge in [0.1, 0.15) is 10.6 Å². The van der Waals surface area contributed by atoms with Gasteiger partial charge in [0.25, 0.3) is 0 Å². The predicted octanol–water partition coefficient (Wildman–Crippen LogP) is 3.61. The molecule has 5 nitrogen and oxygen atoms in total. The van der Waals surface area contributed by atoms with Gasteiger partial charge >= 0.3 is 0 Å². The first kappa shape index (κ1) is 19.1. The SMILES string of the molecule is N#C[C@@H]1OCC[C@@]2(S(=O)(=O)c3ccc(Cl)cc3)c3c(F)ccc(F)c3OC[C@@H]12. The molecule has 2 aromatic carbocycles. The molecular weight excluding hydrogens is 412 g/mol. The summed E-state index contributed by atoms with van der Waals surface area (Å²) in [6, 6.07) is 9.12. The minimum atomic E-state index is -4.27. The summed E-state index contributed by atoms with van der Waals surface area (Å²) in [6.07, 6.45) is -1.29. The van der Waals surface area contributed by atoms with Gasteiger partial charge in [-0.05, 0) is 42.8 Å². The van der Waals surface area contributed by atoms with E-state index in [9.17, 15) is 22.5 Å². The van der Waals surface area contributed by atoms with Crippen LogP contribution < -0.4 is 4.74 Å². The Kier molecular flexibility index (Phi) is 4.57. The van der Waals surface area contributed by atoms with Crippen molar-refractivity contribution in [1.29, 1.82) is 5.26 Å². The van der Waals surface area contributed by atoms with Crippen molar-refractivity contribution in [3.8, 4) is 11.8 Å². The van der Waals surface area contributed by atoms with Crippen molar-refractivity contribution in [3.63, 3.8) is 0 Å². The van der Waals surface area contributed by atoms with E-state index in [1.54, 1.807) is 0 Å². The molecule has 0 unspecified atom stereocenters. The molecule has 2 aromatic rings. The zero-order valence-corrected chi connectivity index (χ0v) is 15.9. The van der Waals surface area contributed by atoms with Crippen molar-refractivity contribution in [2.45, 2.75) is 22.2 Å². The van der Waals surface area contributed by atoms with Gasteiger partial charge in [-0.2, -0.15) is 5.26 Å². The third kappa shape index (κ3) is 2.54. The van der Waals surface area contributed by atoms with E-state index in [0.717, 1.165) is 12.1 Å². The van der Waals surface area contributed by atoms with Gasteiger partial charge in [0.15, 0.2) is 27.5 Å². The molecule has 28 heavy (non-hydrogen) atoms. The van der Waals surface area contributed by atoms with Gasteiger partial charge in [-0.1, -0.05) is 11.6 Å². The molecule has 0 aliphatic carbocycles. The van der Waals surface area contributed by atoms with Crippen LogP contribution in [0.15, 0.2) is 41.3 Å². The number of fused-ring (bicyclic) bond motifs is 3. The minimum Gasteiger partial charge on any atom is -0.490 e. The second kappa shape index (κ2) is 6.69. The minimum absolute atomic E-state index is 0.1000. The Morgan fingerprint density at radius 3 is 2.50 bits per heavy atom. The standard InChI is InChI=1S/C19H14ClF2NO4S/c20-11-1-3-12(4-2-11)28(24,25)19-7-8-26-16(9-23)13(19)10-27-18-15(22)6-5-14(21)17(18)19/h1-6,13,16H,7-8,10H2/t13-,16-,19-/m0/s1. The average molecular weight is 426 g/mol. The van der Waals surface area contributed by atoms with Crippen LogP contribution in [0.3, 0.4) is 0 Å². The smallest absolute Gasteiger partial charge is 0.189 e. The summed E-state index contributed by atoms with van der Waals surface area (Å²) < 4.78 is 65.8. The van der Waals surface area contributed by atoms with Crippen molar-refractivity contribution in [1.82, 2.24) is 0 Å². The maximum atomic E-state index is 15.0. The van der Waals surface area contributed by atoms with Crippen LogP contribution in [0.5, 0.6) is 5.75 Å². The molecule has 1 saturated heterocycles. The van der Waals surface area contributed by atoms with Crippen LogP contribution in [0, 0.1) is 28.9 Å². The maximum absolute atomic E-state index is 15.0. The summed E-state index contributed by atoms with van der Waals surface area (Å²) in [7, 11) is -4.27. The van der Waals surface area contributed by atoms with E-state index in [4.69, 9.17) is 21.1 Å². The molecule has 0 aromatic heterocycles. The second-order valence-corrected chi connectivity index (χ2v) is 9.31. The Morgan fingerprint density at radius 1 is 1.14 bits per heavy atom. The fourth-order valence-corrected chi connectivity index (χ4v) is 6.52. The molecule has 2 aliphatic rings. The van der Waals surface area contributed by atoms with Gasteiger partial charge in [0, 0.05) is 5.02 Å². The fourth-order valence-electron chi connectivity index (χ4n) is 4.08. The van der Waals surface area contributed by atoms with Crippen LogP contribution in [0.2, 0.25) is 5.02 Å². The van der Waals surface area contributed by atoms with Crippen LogP contribution in [-0.4, -0.2) is 27.7 Å². The number of benzene rings is 2. The normalized spacial score (nSPS) is 26.5. The maximum Gasteiger partial charge on any atom is 0.189 e. The van der Waals surface area contributed by atoms with Crippen molar-refractivity contribution in [2.75, 3.05) is 13.2 Å². The van der Waals surface area contributed by atoms with Crippen LogP contribution >= 0.6 is 11.6 Å². The number of nitrogens with zero attached hydrogens (tertiary/aromatic N) is 1. The van der Waals surface area contributed by atoms with E-state index in [0.29, 0.717) is 5.02 Å². The summed E-state index contributed by atoms with van der Waals surface area (Å²) in [6.45, 7) is -0.393. The Bertz CT molecular complexity index is 1080. The summed E-state index contributed by atoms with van der Waals surface area (Å²) in [4.78, 5) is -0.1000. The second-order valence-electron chi connectivity index (χ2n) is 6.67. The molecule has 3 atom stereocenters. The monoisotopic (exact) mass is 425 g/mol. The van der Waals surface area contributed by atoms with Crippen molar-refractivity contribution in [2.24, 2.45) is 5.92 Å². The molecule has 4 rings (SSSR count). The molecular formula is C19H14ClF2NO4S. The average Bonchev–Trinajstić information content (AvgIpc) is 2.69. The van der Waals surface area contributed by atoms with Gasteiger partial charge < -0.3 is 9.47 Å². The number of halogens is 3. The number of hydrogen-bond donors (Lipinski definition) is 0. The number of hydrogen-bond acceptors (Lipinski definition) is 5. The highest BCUT2D eigenvalue weighted by atomic mass is 35.5. The lowest BCUT2D eigenvalue weighted by molar-refractivity contribution is -0.0441. The Hall–Kier alpha value is -2.21. The largest absolute Gasteiger partial charge is 0.490 e. The molecule has 0 N–H and O–H groups in total. The molecule has 0 saturated carbocycles. The summed E-state index contributed by atoms with van der Waals surface area (Å²) in [5.41, 5.74) is -0.387. The Morgan fingerprint density at radius 2 is 1.82 bits per heavy atom. The van der Waals surface area contributed by atoms with Crippen LogP contribution in [0.4, 0.5) is 8.78 Å². The highest BCUT2D eigenvalue weighted by molar-refractivity contribution is 7.92. The van der Waals surface area contributed by atoms with Crippen molar-refractivity contribution >= 4 is 21.4 Å². The van der Waals surface area contributed by atoms with E-state index < -0.39 is 44.0 Å². The molecule has 0 spiro atoms. The third-order valence-corrected chi connectivity index (χ3v) is 8.17. The van der Waals surface area contributed by atoms with Gasteiger partial charge in [-0.15, -0.1) is 0 Å². The first-order chi connectivity index (χ1) is 13.3. The topological polar surface area (TPSA) is 76.4 Å². The van der Waals surface area contributed by atoms with E-state index in [2.05, 4.69) is 0 Å². The van der Waals surface area contributed by atoms with E-state index >= 15 is 0 Å². The fraction of sp³-hybridized carbons (Fsp3) is 0.316. The highest BCUT2D eigenvalue weighted by Gasteiger charge is 2.61. The molecule has 1 fully saturated rings. The number of rotatable bonds is 2. The molecule has 0 amide bonds. The lowest BCUT2D eigenvalue weighted by Crippen LogP contribution is -2.57. The first-order valence-electron chi connectivity index (χ1n) is 8.45. The number of sulfone groups is 1. The molecule has 0 radical (unpaired) electrons. The zero-order valence-electron chi connectivity index (χ0n) is 14.4. The molecule has 0 bridgehead atoms. The molecule has 9 heteroatoms. The van der Waals surface area contributed by atoms with E-state index in [1.165, 1.54) is 24.3 Å². The van der Waals surface area contributed by atoms with E-state index in [-0.39, 0.29) is 30.1 Å². The zero-order chi connectivity index (χ0) is 20.1. The quantitative estimate of drug-likeness (QED) is 0.734. The molecule has 2 heterocycles. The highest BCUT2D eigenvalue weighted by Crippen LogP contribution is 2.55. The predicted molar refractivity (Wildman–Crippen MR) is 95.6 cm³/mol. The van der Waals surface area contributed by atoms with Crippen LogP contribution in [0.25, 0.3) is 0 Å². The lowest BCUT2D eigenvalue weighted by atomic mass is 9.76. The van der Waals surface area contributed by atoms with Gasteiger partial charge in [-0.3, -0.25) is 0 Å². The third-order valence-electron chi connectivity index (χ3n) is 5.36. The van der Waals surface area contributed by atoms with Gasteiger partial charge in [0.2, 0.25) is 0 Å². The summed E-state index contributed by atoms with van der Waals surface area (Å²) >= 11 is 5.87. The van der Waals surface area contributed by atoms with Gasteiger partial charge in [-0.25, -0.2) is 17.2 Å². The molecule has 2 aliphatic heterocycles. The first-order valence-corrected chi connectivity index (χ1v) is 10.3. The van der Waals surface area contributed by atoms with Crippen LogP contribution in [0.1, 0.15) is 12.0 Å². The van der Waals surface area contributed by atoms with Gasteiger partial charge in [0.05, 0.1) is 35.7 Å². The summed E-state index contributed by atoms with van der Waals surface area (Å²) in [5.74, 6) is -3.24. The van der Waals surface area contributed by atoms with Crippen molar-refractivity contribution < 1.29 is 26.7 Å². The Balaban J connectivity index is 2.06. The lowest BCUT2D eigenvalue weighted by Gasteiger charge is -2.48. The number of ether oxygens (including phenoxy) is 2. The van der Waals surface area contributed by atoms with Crippen LogP contribution in [-0.2, 0) is 19.3 Å². The summed E-state index contributed by atoms with van der Waals surface area (Å²) in [5, 5.41) is 9.81. The Labute approximate surface area is 165 Å².